The third-order valence-corrected chi connectivity index (χ3v) is 14.2. The number of rotatable bonds is 10. The van der Waals surface area contributed by atoms with E-state index >= 15 is 0 Å². The highest BCUT2D eigenvalue weighted by atomic mass is 32.2. The average Bonchev–Trinajstić information content (AvgIpc) is 3.14. The normalized spacial score (nSPS) is 46.7. The Kier molecular flexibility index (Phi) is 17.0. The lowest BCUT2D eigenvalue weighted by molar-refractivity contribution is -0.335. The van der Waals surface area contributed by atoms with E-state index < -0.39 is 118 Å². The number of ether oxygens (including phenoxy) is 6. The minimum atomic E-state index is -3.75. The van der Waals surface area contributed by atoms with Gasteiger partial charge in [0.1, 0.15) is 35.1 Å². The highest BCUT2D eigenvalue weighted by molar-refractivity contribution is 7.88. The number of cyclic esters (lactones) is 1. The summed E-state index contributed by atoms with van der Waals surface area (Å²) in [5.41, 5.74) is 2.24. The highest BCUT2D eigenvalue weighted by Gasteiger charge is 2.58. The van der Waals surface area contributed by atoms with Crippen LogP contribution in [0.2, 0.25) is 0 Å². The molecule has 18 atom stereocenters. The lowest BCUT2D eigenvalue weighted by Crippen LogP contribution is -2.68. The predicted octanol–water partition coefficient (Wildman–Crippen LogP) is 1.57. The molecule has 58 heavy (non-hydrogen) atoms. The number of likely N-dealkylation sites (N-methyl/N-ethyl adjacent to an activating group) is 1. The number of nitrogens with zero attached hydrogens (tertiary/aromatic N) is 4. The predicted molar refractivity (Wildman–Crippen MR) is 211 cm³/mol. The summed E-state index contributed by atoms with van der Waals surface area (Å²) in [6, 6.07) is -1.61. The lowest BCUT2D eigenvalue weighted by Gasteiger charge is -2.53. The van der Waals surface area contributed by atoms with Gasteiger partial charge in [0.25, 0.3) is 0 Å². The molecule has 19 nitrogen and oxygen atoms in total. The van der Waals surface area contributed by atoms with E-state index in [2.05, 4.69) is 15.3 Å². The molecule has 0 spiro atoms. The molecular weight excluding hydrogens is 783 g/mol. The van der Waals surface area contributed by atoms with E-state index in [1.54, 1.807) is 55.4 Å². The van der Waals surface area contributed by atoms with Gasteiger partial charge in [-0.15, -0.1) is 0 Å². The Bertz CT molecular complexity index is 1540. The summed E-state index contributed by atoms with van der Waals surface area (Å²) >= 11 is 0. The van der Waals surface area contributed by atoms with Crippen LogP contribution < -0.4 is 5.32 Å². The van der Waals surface area contributed by atoms with Gasteiger partial charge in [-0.25, -0.2) is 8.42 Å². The van der Waals surface area contributed by atoms with Crippen LogP contribution in [-0.2, 0) is 43.2 Å². The second-order valence-corrected chi connectivity index (χ2v) is 19.8. The van der Waals surface area contributed by atoms with E-state index in [1.807, 2.05) is 6.92 Å². The number of sulfonamides is 1. The standard InChI is InChI=1S/C38H71N5O14S/c1-14-27-37(10,48)31(45)24(6)40-18-20(2)16-35(8,47)32(57-34-29(44)26(15-21(3)53-34)43(11)58(13,50)51)22(4)30(23(5)33(46)55-27)56-28-17-36(9,52-12)38(49,19-41-42-39)25(7)54-28/h20-32,34,40,44-45,47-49H,14-19H2,1-13H3/t20-,21-,22+,23-,24-,25+,26+,27-,28+,29-,30+,31-,32-,34+,35-,36-,37-,38+/m1/s1. The Labute approximate surface area is 343 Å². The first kappa shape index (κ1) is 50.6. The summed E-state index contributed by atoms with van der Waals surface area (Å²) < 4.78 is 63.7. The van der Waals surface area contributed by atoms with Crippen molar-refractivity contribution in [1.29, 1.82) is 0 Å². The zero-order valence-electron chi connectivity index (χ0n) is 36.4. The first-order valence-electron chi connectivity index (χ1n) is 20.2. The molecule has 3 fully saturated rings. The summed E-state index contributed by atoms with van der Waals surface area (Å²) in [6.07, 6.45) is -9.44. The molecule has 3 aliphatic heterocycles. The first-order valence-corrected chi connectivity index (χ1v) is 22.0. The van der Waals surface area contributed by atoms with E-state index in [0.717, 1.165) is 10.6 Å². The molecule has 0 amide bonds. The van der Waals surface area contributed by atoms with Crippen molar-refractivity contribution >= 4 is 16.0 Å². The number of hydrogen-bond donors (Lipinski definition) is 6. The maximum atomic E-state index is 14.3. The number of azide groups is 1. The molecule has 3 saturated heterocycles. The van der Waals surface area contributed by atoms with Gasteiger partial charge in [-0.2, -0.15) is 4.31 Å². The van der Waals surface area contributed by atoms with Crippen LogP contribution in [-0.4, -0.2) is 168 Å². The van der Waals surface area contributed by atoms with Gasteiger partial charge in [0.05, 0.1) is 54.8 Å². The number of methoxy groups -OCH3 is 1. The van der Waals surface area contributed by atoms with Crippen LogP contribution in [0, 0.1) is 17.8 Å². The van der Waals surface area contributed by atoms with Crippen molar-refractivity contribution < 1.29 is 67.2 Å². The van der Waals surface area contributed by atoms with E-state index in [1.165, 1.54) is 21.1 Å². The van der Waals surface area contributed by atoms with Gasteiger partial charge in [0.15, 0.2) is 12.6 Å². The largest absolute Gasteiger partial charge is 0.459 e. The fraction of sp³-hybridized carbons (Fsp3) is 0.974. The Morgan fingerprint density at radius 1 is 1.03 bits per heavy atom. The van der Waals surface area contributed by atoms with Crippen molar-refractivity contribution in [2.75, 3.05) is 33.5 Å². The molecule has 3 rings (SSSR count). The molecule has 0 aromatic carbocycles. The zero-order valence-corrected chi connectivity index (χ0v) is 37.2. The van der Waals surface area contributed by atoms with Crippen molar-refractivity contribution in [3.63, 3.8) is 0 Å². The van der Waals surface area contributed by atoms with E-state index in [-0.39, 0.29) is 44.7 Å². The molecule has 20 heteroatoms. The van der Waals surface area contributed by atoms with Crippen molar-refractivity contribution in [3.8, 4) is 0 Å². The Morgan fingerprint density at radius 3 is 2.21 bits per heavy atom. The van der Waals surface area contributed by atoms with Crippen LogP contribution in [0.4, 0.5) is 0 Å². The van der Waals surface area contributed by atoms with Crippen LogP contribution in [0.25, 0.3) is 10.4 Å². The SMILES string of the molecule is CC[C@H]1OC(=O)[C@H](C)[C@@H](O[C@H]2C[C@@](C)(OC)[C@](O)(CN=[N+]=[N-])[C@H](C)O2)[C@H](C)[C@@H](O[C@@H]2O[C@H](C)C[C@H](N(C)S(C)(=O)=O)[C@H]2O)[C@](C)(O)C[C@@H](C)CN[C@H](C)[C@@H](O)[C@]1(C)O. The second kappa shape index (κ2) is 19.5. The molecular formula is C38H71N5O14S. The first-order chi connectivity index (χ1) is 26.6. The Hall–Kier alpha value is -1.75. The number of nitrogens with one attached hydrogen (secondary N) is 1. The van der Waals surface area contributed by atoms with Gasteiger partial charge in [0.2, 0.25) is 10.0 Å². The summed E-state index contributed by atoms with van der Waals surface area (Å²) in [5.74, 6) is -3.22. The third kappa shape index (κ3) is 11.0. The average molecular weight is 854 g/mol. The number of carbonyl (C=O) groups excluding carboxylic acids is 1. The molecule has 0 saturated carbocycles. The molecule has 3 aliphatic rings. The zero-order chi connectivity index (χ0) is 44.3. The van der Waals surface area contributed by atoms with Crippen molar-refractivity contribution in [1.82, 2.24) is 9.62 Å². The smallest absolute Gasteiger partial charge is 0.311 e. The molecule has 0 aromatic rings. The summed E-state index contributed by atoms with van der Waals surface area (Å²) in [7, 11) is -1.01. The topological polar surface area (TPSA) is 272 Å². The Balaban J connectivity index is 2.21. The molecule has 0 aliphatic carbocycles. The quantitative estimate of drug-likeness (QED) is 0.0788. The maximum absolute atomic E-state index is 14.3. The van der Waals surface area contributed by atoms with Gasteiger partial charge < -0.3 is 59.3 Å². The van der Waals surface area contributed by atoms with Crippen molar-refractivity contribution in [3.05, 3.63) is 10.4 Å². The van der Waals surface area contributed by atoms with Crippen LogP contribution in [0.5, 0.6) is 0 Å². The van der Waals surface area contributed by atoms with Gasteiger partial charge in [-0.05, 0) is 85.7 Å². The Morgan fingerprint density at radius 2 is 1.66 bits per heavy atom. The van der Waals surface area contributed by atoms with E-state index in [9.17, 15) is 38.7 Å². The summed E-state index contributed by atoms with van der Waals surface area (Å²) in [5, 5.41) is 65.7. The molecule has 0 radical (unpaired) electrons. The van der Waals surface area contributed by atoms with Crippen LogP contribution >= 0.6 is 0 Å². The van der Waals surface area contributed by atoms with Gasteiger partial charge in [-0.3, -0.25) is 4.79 Å². The van der Waals surface area contributed by atoms with Crippen molar-refractivity contribution in [2.24, 2.45) is 22.9 Å². The summed E-state index contributed by atoms with van der Waals surface area (Å²) in [6.45, 7) is 16.3. The van der Waals surface area contributed by atoms with Crippen LogP contribution in [0.15, 0.2) is 5.11 Å². The monoisotopic (exact) mass is 853 g/mol. The van der Waals surface area contributed by atoms with Gasteiger partial charge in [0, 0.05) is 37.4 Å². The number of hydrogen-bond acceptors (Lipinski definition) is 16. The second-order valence-electron chi connectivity index (χ2n) is 17.7. The molecule has 338 valence electrons. The van der Waals surface area contributed by atoms with Crippen LogP contribution in [0.3, 0.4) is 0 Å². The number of carbonyl (C=O) groups is 1. The molecule has 0 aromatic heterocycles. The highest BCUT2D eigenvalue weighted by Crippen LogP contribution is 2.43. The van der Waals surface area contributed by atoms with Gasteiger partial charge >= 0.3 is 5.97 Å². The molecule has 0 bridgehead atoms. The fourth-order valence-corrected chi connectivity index (χ4v) is 9.65. The fourth-order valence-electron chi connectivity index (χ4n) is 8.95. The molecule has 3 heterocycles. The van der Waals surface area contributed by atoms with Gasteiger partial charge in [-0.1, -0.05) is 25.9 Å². The maximum Gasteiger partial charge on any atom is 0.311 e. The lowest BCUT2D eigenvalue weighted by atomic mass is 9.75. The van der Waals surface area contributed by atoms with Crippen molar-refractivity contribution in [2.45, 2.75) is 185 Å². The number of aliphatic hydroxyl groups excluding tert-OH is 2. The summed E-state index contributed by atoms with van der Waals surface area (Å²) in [4.78, 5) is 17.1. The van der Waals surface area contributed by atoms with Crippen LogP contribution in [0.1, 0.15) is 94.9 Å². The minimum absolute atomic E-state index is 0.0769. The number of aliphatic hydroxyl groups is 5. The number of esters is 1. The molecule has 0 unspecified atom stereocenters. The molecule has 6 N–H and O–H groups in total. The third-order valence-electron chi connectivity index (χ3n) is 12.9. The van der Waals surface area contributed by atoms with E-state index in [0.29, 0.717) is 0 Å². The minimum Gasteiger partial charge on any atom is -0.459 e. The van der Waals surface area contributed by atoms with E-state index in [4.69, 9.17) is 34.0 Å².